The third kappa shape index (κ3) is 3.67. The summed E-state index contributed by atoms with van der Waals surface area (Å²) >= 11 is 0. The molecule has 5 aliphatic rings. The Kier molecular flexibility index (Phi) is 4.51. The summed E-state index contributed by atoms with van der Waals surface area (Å²) in [7, 11) is 0. The number of piperidine rings is 1. The van der Waals surface area contributed by atoms with E-state index in [2.05, 4.69) is 31.3 Å². The molecule has 5 aliphatic heterocycles. The summed E-state index contributed by atoms with van der Waals surface area (Å²) < 4.78 is 38.6. The lowest BCUT2D eigenvalue weighted by atomic mass is 9.80. The van der Waals surface area contributed by atoms with Crippen molar-refractivity contribution < 1.29 is 8.50 Å². The first kappa shape index (κ1) is 15.5. The van der Waals surface area contributed by atoms with E-state index in [1.54, 1.807) is 0 Å². The highest BCUT2D eigenvalue weighted by Gasteiger charge is 2.46. The van der Waals surface area contributed by atoms with Crippen LogP contribution < -0.4 is 21.4 Å². The topological polar surface area (TPSA) is 54.6 Å². The fraction of sp³-hybridized carbons (Fsp3) is 1.00. The first-order chi connectivity index (χ1) is 14.4. The number of alkyl halides is 1. The van der Waals surface area contributed by atoms with Crippen molar-refractivity contribution in [2.45, 2.75) is 82.0 Å². The second-order valence-electron chi connectivity index (χ2n) is 9.23. The van der Waals surface area contributed by atoms with Gasteiger partial charge in [-0.2, -0.15) is 0 Å². The summed E-state index contributed by atoms with van der Waals surface area (Å²) in [5.41, 5.74) is 3.50. The van der Waals surface area contributed by atoms with Crippen molar-refractivity contribution >= 4 is 0 Å². The minimum atomic E-state index is -2.03. The number of nitrogens with zero attached hydrogens (tertiary/aromatic N) is 2. The number of rotatable bonds is 0. The van der Waals surface area contributed by atoms with Crippen LogP contribution in [-0.4, -0.2) is 79.3 Å². The van der Waals surface area contributed by atoms with Gasteiger partial charge in [0.05, 0.1) is 12.3 Å². The van der Waals surface area contributed by atoms with Crippen LogP contribution >= 0.6 is 0 Å². The van der Waals surface area contributed by atoms with E-state index in [9.17, 15) is 4.39 Å². The van der Waals surface area contributed by atoms with Gasteiger partial charge < -0.3 is 10.6 Å². The van der Waals surface area contributed by atoms with Crippen LogP contribution in [0.1, 0.15) is 49.5 Å². The number of hydrogen-bond donors (Lipinski definition) is 4. The van der Waals surface area contributed by atoms with Gasteiger partial charge in [0.15, 0.2) is 0 Å². The second kappa shape index (κ2) is 7.84. The van der Waals surface area contributed by atoms with E-state index in [1.807, 2.05) is 0 Å². The lowest BCUT2D eigenvalue weighted by Crippen LogP contribution is -2.64. The highest BCUT2D eigenvalue weighted by atomic mass is 19.1. The average Bonchev–Trinajstić information content (AvgIpc) is 3.33. The monoisotopic (exact) mass is 383 g/mol. The van der Waals surface area contributed by atoms with Gasteiger partial charge >= 0.3 is 0 Å². The zero-order valence-electron chi connectivity index (χ0n) is 19.2. The molecule has 0 spiro atoms. The van der Waals surface area contributed by atoms with Crippen molar-refractivity contribution in [2.24, 2.45) is 11.8 Å². The van der Waals surface area contributed by atoms with Crippen molar-refractivity contribution in [3.05, 3.63) is 0 Å². The number of halogens is 1. The summed E-state index contributed by atoms with van der Waals surface area (Å²) in [6.45, 7) is 1.98. The van der Waals surface area contributed by atoms with Gasteiger partial charge in [-0.15, -0.1) is 0 Å². The zero-order valence-corrected chi connectivity index (χ0v) is 16.2. The molecule has 0 radical (unpaired) electrons. The Morgan fingerprint density at radius 1 is 1.04 bits per heavy atom. The minimum absolute atomic E-state index is 0.191. The van der Waals surface area contributed by atoms with Gasteiger partial charge in [-0.05, 0) is 57.8 Å². The molecule has 7 heteroatoms. The molecule has 4 N–H and O–H groups in total. The van der Waals surface area contributed by atoms with E-state index >= 15 is 0 Å². The Morgan fingerprint density at radius 2 is 2.00 bits per heavy atom. The van der Waals surface area contributed by atoms with Gasteiger partial charge in [-0.1, -0.05) is 0 Å². The van der Waals surface area contributed by atoms with Gasteiger partial charge in [0.1, 0.15) is 6.17 Å². The lowest BCUT2D eigenvalue weighted by Gasteiger charge is -2.47. The summed E-state index contributed by atoms with van der Waals surface area (Å²) in [6.07, 6.45) is 5.04. The molecule has 6 unspecified atom stereocenters. The van der Waals surface area contributed by atoms with E-state index in [0.29, 0.717) is 44.1 Å². The van der Waals surface area contributed by atoms with Crippen LogP contribution in [0.25, 0.3) is 0 Å². The smallest absolute Gasteiger partial charge is 0.113 e. The van der Waals surface area contributed by atoms with Crippen LogP contribution in [0.5, 0.6) is 0 Å². The summed E-state index contributed by atoms with van der Waals surface area (Å²) in [4.78, 5) is 2.62. The number of hydrazine groups is 1. The lowest BCUT2D eigenvalue weighted by molar-refractivity contribution is -0.00473. The molecule has 5 rings (SSSR count). The van der Waals surface area contributed by atoms with Crippen molar-refractivity contribution in [2.75, 3.05) is 32.7 Å². The minimum Gasteiger partial charge on any atom is -0.314 e. The fourth-order valence-corrected chi connectivity index (χ4v) is 6.25. The zero-order chi connectivity index (χ0) is 20.9. The Hall–Kier alpha value is -0.310. The Balaban J connectivity index is 1.43. The number of hydrogen-bond acceptors (Lipinski definition) is 6. The maximum atomic E-state index is 14.5. The molecule has 27 heavy (non-hydrogen) atoms. The van der Waals surface area contributed by atoms with Gasteiger partial charge in [0.25, 0.3) is 0 Å². The fourth-order valence-electron chi connectivity index (χ4n) is 6.25. The Bertz CT molecular complexity index is 610. The van der Waals surface area contributed by atoms with E-state index in [1.165, 1.54) is 6.42 Å². The van der Waals surface area contributed by atoms with E-state index in [0.717, 1.165) is 38.9 Å². The molecule has 0 saturated carbocycles. The third-order valence-corrected chi connectivity index (χ3v) is 7.62. The molecule has 5 heterocycles. The van der Waals surface area contributed by atoms with Crippen molar-refractivity contribution in [3.63, 3.8) is 0 Å². The van der Waals surface area contributed by atoms with Crippen LogP contribution in [0.15, 0.2) is 0 Å². The van der Waals surface area contributed by atoms with E-state index in [-0.39, 0.29) is 18.1 Å². The largest absolute Gasteiger partial charge is 0.314 e. The molecular weight excluding hydrogens is 343 g/mol. The molecule has 8 atom stereocenters. The molecule has 5 saturated heterocycles. The van der Waals surface area contributed by atoms with Crippen molar-refractivity contribution in [1.82, 2.24) is 31.3 Å². The molecule has 6 nitrogen and oxygen atoms in total. The molecule has 2 bridgehead atoms. The number of fused-ring (bicyclic) bond motifs is 5. The second-order valence-corrected chi connectivity index (χ2v) is 9.23. The highest BCUT2D eigenvalue weighted by molar-refractivity contribution is 5.00. The molecule has 154 valence electrons. The average molecular weight is 384 g/mol. The molecule has 0 aliphatic carbocycles. The van der Waals surface area contributed by atoms with Gasteiger partial charge in [-0.3, -0.25) is 15.6 Å². The molecule has 0 aromatic rings. The Morgan fingerprint density at radius 3 is 2.93 bits per heavy atom. The quantitative estimate of drug-likeness (QED) is 0.492. The van der Waals surface area contributed by atoms with Gasteiger partial charge in [0, 0.05) is 54.3 Å². The predicted octanol–water partition coefficient (Wildman–Crippen LogP) is 0.621. The molecular formula is C20H37FN6. The first-order valence-electron chi connectivity index (χ1n) is 12.5. The normalized spacial score (nSPS) is 51.7. The maximum Gasteiger partial charge on any atom is 0.113 e. The standard InChI is InChI=1S/C20H37FN6/c1-13-4-5-17-16(9-15(21)12-23-17)18-3-2-7-26(18)19-6-8-27-20(25-19)14(10-22-13)11-24-27/h13-20,22-25H,2-12H2,1H3/t13-,14?,15?,16?,17?,18-,19?,20?/m1/s1/i1D3. The molecule has 0 aromatic carbocycles. The van der Waals surface area contributed by atoms with E-state index < -0.39 is 19.1 Å². The van der Waals surface area contributed by atoms with Gasteiger partial charge in [0.2, 0.25) is 0 Å². The maximum absolute atomic E-state index is 14.5. The molecule has 0 amide bonds. The summed E-state index contributed by atoms with van der Waals surface area (Å²) in [5.74, 6) is 0.571. The number of nitrogens with one attached hydrogen (secondary N) is 4. The highest BCUT2D eigenvalue weighted by Crippen LogP contribution is 2.36. The van der Waals surface area contributed by atoms with Crippen LogP contribution in [0.3, 0.4) is 0 Å². The van der Waals surface area contributed by atoms with Crippen LogP contribution in [0.4, 0.5) is 4.39 Å². The van der Waals surface area contributed by atoms with Gasteiger partial charge in [-0.25, -0.2) is 9.40 Å². The third-order valence-electron chi connectivity index (χ3n) is 7.62. The summed E-state index contributed by atoms with van der Waals surface area (Å²) in [6, 6.07) is 0.0472. The van der Waals surface area contributed by atoms with Crippen LogP contribution in [0.2, 0.25) is 0 Å². The Labute approximate surface area is 167 Å². The van der Waals surface area contributed by atoms with Crippen LogP contribution in [0, 0.1) is 11.8 Å². The van der Waals surface area contributed by atoms with Crippen molar-refractivity contribution in [3.8, 4) is 0 Å². The van der Waals surface area contributed by atoms with Crippen LogP contribution in [-0.2, 0) is 0 Å². The molecule has 0 aromatic heterocycles. The summed E-state index contributed by atoms with van der Waals surface area (Å²) in [5, 5.41) is 13.0. The van der Waals surface area contributed by atoms with E-state index in [4.69, 9.17) is 4.11 Å². The van der Waals surface area contributed by atoms with Crippen molar-refractivity contribution in [1.29, 1.82) is 0 Å². The predicted molar refractivity (Wildman–Crippen MR) is 105 cm³/mol. The SMILES string of the molecule is [2H]C([2H])([2H])[C@@H]1CCC2NCC(F)CC2[C@H]2CCCN2C2CCN3NCC(CN1)C3N2. The first-order valence-corrected chi connectivity index (χ1v) is 11.0. The molecule has 5 fully saturated rings.